The number of carbonyl (C=O) groups is 1. The SMILES string of the molecule is O=C(NCc1ccccn1)c1cc(O)ccc1OCC(F)(F)F. The summed E-state index contributed by atoms with van der Waals surface area (Å²) in [6.07, 6.45) is -2.98. The number of phenolic OH excluding ortho intramolecular Hbond substituents is 1. The fraction of sp³-hybridized carbons (Fsp3) is 0.200. The second-order valence-electron chi connectivity index (χ2n) is 4.59. The van der Waals surface area contributed by atoms with E-state index in [2.05, 4.69) is 15.0 Å². The molecule has 1 aromatic carbocycles. The number of amides is 1. The molecule has 2 rings (SSSR count). The van der Waals surface area contributed by atoms with Crippen LogP contribution in [-0.2, 0) is 6.54 Å². The lowest BCUT2D eigenvalue weighted by Crippen LogP contribution is -2.25. The quantitative estimate of drug-likeness (QED) is 0.886. The number of carbonyl (C=O) groups excluding carboxylic acids is 1. The van der Waals surface area contributed by atoms with E-state index >= 15 is 0 Å². The fourth-order valence-corrected chi connectivity index (χ4v) is 1.75. The molecule has 0 fully saturated rings. The number of aromatic nitrogens is 1. The molecule has 1 heterocycles. The first-order chi connectivity index (χ1) is 10.8. The normalized spacial score (nSPS) is 11.1. The predicted molar refractivity (Wildman–Crippen MR) is 75.1 cm³/mol. The highest BCUT2D eigenvalue weighted by molar-refractivity contribution is 5.97. The highest BCUT2D eigenvalue weighted by atomic mass is 19.4. The largest absolute Gasteiger partial charge is 0.508 e. The molecular formula is C15H13F3N2O3. The second-order valence-corrected chi connectivity index (χ2v) is 4.59. The molecule has 0 unspecified atom stereocenters. The first-order valence-corrected chi connectivity index (χ1v) is 6.56. The van der Waals surface area contributed by atoms with Crippen molar-refractivity contribution >= 4 is 5.91 Å². The van der Waals surface area contributed by atoms with E-state index in [-0.39, 0.29) is 23.6 Å². The number of hydrogen-bond donors (Lipinski definition) is 2. The molecule has 0 spiro atoms. The van der Waals surface area contributed by atoms with Crippen LogP contribution in [0.25, 0.3) is 0 Å². The second kappa shape index (κ2) is 6.99. The molecule has 0 saturated carbocycles. The molecule has 5 nitrogen and oxygen atoms in total. The van der Waals surface area contributed by atoms with Crippen LogP contribution in [0.15, 0.2) is 42.6 Å². The maximum absolute atomic E-state index is 12.2. The number of phenols is 1. The van der Waals surface area contributed by atoms with Crippen molar-refractivity contribution in [3.8, 4) is 11.5 Å². The third-order valence-corrected chi connectivity index (χ3v) is 2.76. The number of halogens is 3. The van der Waals surface area contributed by atoms with Gasteiger partial charge in [-0.1, -0.05) is 6.07 Å². The average molecular weight is 326 g/mol. The number of alkyl halides is 3. The monoisotopic (exact) mass is 326 g/mol. The number of aromatic hydroxyl groups is 1. The van der Waals surface area contributed by atoms with Gasteiger partial charge in [0.05, 0.1) is 17.8 Å². The summed E-state index contributed by atoms with van der Waals surface area (Å²) in [5, 5.41) is 11.9. The number of nitrogens with zero attached hydrogens (tertiary/aromatic N) is 1. The van der Waals surface area contributed by atoms with Gasteiger partial charge in [0, 0.05) is 6.20 Å². The van der Waals surface area contributed by atoms with Crippen LogP contribution in [0.4, 0.5) is 13.2 Å². The number of nitrogens with one attached hydrogen (secondary N) is 1. The Labute approximate surface area is 129 Å². The van der Waals surface area contributed by atoms with Gasteiger partial charge in [-0.05, 0) is 30.3 Å². The lowest BCUT2D eigenvalue weighted by atomic mass is 10.1. The van der Waals surface area contributed by atoms with E-state index in [0.29, 0.717) is 5.69 Å². The summed E-state index contributed by atoms with van der Waals surface area (Å²) in [6.45, 7) is -1.44. The first-order valence-electron chi connectivity index (χ1n) is 6.56. The van der Waals surface area contributed by atoms with Gasteiger partial charge in [-0.15, -0.1) is 0 Å². The van der Waals surface area contributed by atoms with Gasteiger partial charge in [0.1, 0.15) is 11.5 Å². The van der Waals surface area contributed by atoms with E-state index in [0.717, 1.165) is 18.2 Å². The highest BCUT2D eigenvalue weighted by Gasteiger charge is 2.29. The van der Waals surface area contributed by atoms with Crippen molar-refractivity contribution in [3.63, 3.8) is 0 Å². The molecule has 0 aliphatic rings. The summed E-state index contributed by atoms with van der Waals surface area (Å²) >= 11 is 0. The molecule has 8 heteroatoms. The fourth-order valence-electron chi connectivity index (χ4n) is 1.75. The molecule has 1 amide bonds. The van der Waals surface area contributed by atoms with Crippen molar-refractivity contribution in [1.82, 2.24) is 10.3 Å². The first kappa shape index (κ1) is 16.6. The van der Waals surface area contributed by atoms with Crippen LogP contribution in [0.5, 0.6) is 11.5 Å². The zero-order valence-electron chi connectivity index (χ0n) is 11.8. The Hall–Kier alpha value is -2.77. The Morgan fingerprint density at radius 2 is 2.04 bits per heavy atom. The van der Waals surface area contributed by atoms with Gasteiger partial charge in [-0.25, -0.2) is 0 Å². The number of rotatable bonds is 5. The Morgan fingerprint density at radius 1 is 1.26 bits per heavy atom. The summed E-state index contributed by atoms with van der Waals surface area (Å²) in [5.74, 6) is -1.20. The minimum atomic E-state index is -4.53. The van der Waals surface area contributed by atoms with Crippen LogP contribution in [0.3, 0.4) is 0 Å². The summed E-state index contributed by atoms with van der Waals surface area (Å²) in [7, 11) is 0. The van der Waals surface area contributed by atoms with E-state index in [1.807, 2.05) is 0 Å². The number of benzene rings is 1. The van der Waals surface area contributed by atoms with Crippen molar-refractivity contribution in [2.24, 2.45) is 0 Å². The van der Waals surface area contributed by atoms with Gasteiger partial charge in [0.25, 0.3) is 5.91 Å². The zero-order valence-corrected chi connectivity index (χ0v) is 11.8. The predicted octanol–water partition coefficient (Wildman–Crippen LogP) is 2.66. The average Bonchev–Trinajstić information content (AvgIpc) is 2.51. The molecule has 1 aromatic heterocycles. The summed E-state index contributed by atoms with van der Waals surface area (Å²) in [6, 6.07) is 8.42. The maximum Gasteiger partial charge on any atom is 0.422 e. The molecule has 122 valence electrons. The van der Waals surface area contributed by atoms with Crippen LogP contribution in [0.2, 0.25) is 0 Å². The molecular weight excluding hydrogens is 313 g/mol. The Kier molecular flexibility index (Phi) is 5.05. The zero-order chi connectivity index (χ0) is 16.9. The molecule has 0 radical (unpaired) electrons. The standard InChI is InChI=1S/C15H13F3N2O3/c16-15(17,18)9-23-13-5-4-11(21)7-12(13)14(22)20-8-10-3-1-2-6-19-10/h1-7,21H,8-9H2,(H,20,22). The number of hydrogen-bond acceptors (Lipinski definition) is 4. The third kappa shape index (κ3) is 5.17. The van der Waals surface area contributed by atoms with E-state index in [4.69, 9.17) is 0 Å². The molecule has 23 heavy (non-hydrogen) atoms. The number of pyridine rings is 1. The Bertz CT molecular complexity index is 675. The van der Waals surface area contributed by atoms with Gasteiger partial charge in [-0.3, -0.25) is 9.78 Å². The van der Waals surface area contributed by atoms with Gasteiger partial charge in [-0.2, -0.15) is 13.2 Å². The smallest absolute Gasteiger partial charge is 0.422 e. The molecule has 0 saturated heterocycles. The van der Waals surface area contributed by atoms with Crippen LogP contribution in [0, 0.1) is 0 Å². The van der Waals surface area contributed by atoms with Crippen LogP contribution >= 0.6 is 0 Å². The topological polar surface area (TPSA) is 71.5 Å². The highest BCUT2D eigenvalue weighted by Crippen LogP contribution is 2.25. The summed E-state index contributed by atoms with van der Waals surface area (Å²) in [4.78, 5) is 16.1. The maximum atomic E-state index is 12.2. The summed E-state index contributed by atoms with van der Waals surface area (Å²) in [5.41, 5.74) is 0.393. The lowest BCUT2D eigenvalue weighted by Gasteiger charge is -2.13. The molecule has 0 aliphatic carbocycles. The minimum Gasteiger partial charge on any atom is -0.508 e. The van der Waals surface area contributed by atoms with Crippen molar-refractivity contribution in [3.05, 3.63) is 53.9 Å². The molecule has 2 aromatic rings. The lowest BCUT2D eigenvalue weighted by molar-refractivity contribution is -0.153. The van der Waals surface area contributed by atoms with Gasteiger partial charge >= 0.3 is 6.18 Å². The van der Waals surface area contributed by atoms with Crippen molar-refractivity contribution in [1.29, 1.82) is 0 Å². The van der Waals surface area contributed by atoms with Gasteiger partial charge < -0.3 is 15.2 Å². The van der Waals surface area contributed by atoms with E-state index in [1.54, 1.807) is 24.4 Å². The van der Waals surface area contributed by atoms with Gasteiger partial charge in [0.15, 0.2) is 6.61 Å². The van der Waals surface area contributed by atoms with Crippen molar-refractivity contribution in [2.45, 2.75) is 12.7 Å². The van der Waals surface area contributed by atoms with Crippen molar-refractivity contribution < 1.29 is 27.8 Å². The minimum absolute atomic E-state index is 0.0913. The van der Waals surface area contributed by atoms with E-state index in [1.165, 1.54) is 0 Å². The molecule has 0 atom stereocenters. The molecule has 0 bridgehead atoms. The van der Waals surface area contributed by atoms with Crippen LogP contribution in [0.1, 0.15) is 16.1 Å². The molecule has 2 N–H and O–H groups in total. The summed E-state index contributed by atoms with van der Waals surface area (Å²) < 4.78 is 41.3. The van der Waals surface area contributed by atoms with E-state index < -0.39 is 18.7 Å². The third-order valence-electron chi connectivity index (χ3n) is 2.76. The molecule has 0 aliphatic heterocycles. The number of ether oxygens (including phenoxy) is 1. The Morgan fingerprint density at radius 3 is 2.70 bits per heavy atom. The van der Waals surface area contributed by atoms with Gasteiger partial charge in [0.2, 0.25) is 0 Å². The Balaban J connectivity index is 2.10. The van der Waals surface area contributed by atoms with Crippen LogP contribution in [-0.4, -0.2) is 28.8 Å². The van der Waals surface area contributed by atoms with E-state index in [9.17, 15) is 23.1 Å². The van der Waals surface area contributed by atoms with Crippen molar-refractivity contribution in [2.75, 3.05) is 6.61 Å². The van der Waals surface area contributed by atoms with Crippen LogP contribution < -0.4 is 10.1 Å².